The molecule has 5 rings (SSSR count). The van der Waals surface area contributed by atoms with Crippen LogP contribution in [-0.2, 0) is 4.79 Å². The van der Waals surface area contributed by atoms with Crippen LogP contribution in [0.4, 0.5) is 14.5 Å². The van der Waals surface area contributed by atoms with Gasteiger partial charge < -0.3 is 10.2 Å². The maximum Gasteiger partial charge on any atom is 0.255 e. The van der Waals surface area contributed by atoms with E-state index >= 15 is 0 Å². The molecule has 3 aromatic heterocycles. The molecule has 0 aromatic carbocycles. The van der Waals surface area contributed by atoms with Crippen molar-refractivity contribution in [1.29, 1.82) is 0 Å². The van der Waals surface area contributed by atoms with Crippen LogP contribution in [0, 0.1) is 5.92 Å². The van der Waals surface area contributed by atoms with Crippen molar-refractivity contribution in [1.82, 2.24) is 19.4 Å². The summed E-state index contributed by atoms with van der Waals surface area (Å²) >= 11 is 0. The highest BCUT2D eigenvalue weighted by molar-refractivity contribution is 5.97. The second-order valence-corrected chi connectivity index (χ2v) is 8.17. The standard InChI is InChI=1S/C22H21F2N5O2/c23-22(24)4-7-28(8-5-22)21(31)16-9-15-3-6-29(19(15)26-11-16)18-10-17(12-25-13-18)27-20(30)14-1-2-14/h3,6,9-14H,1-2,4-5,7-8H2,(H,27,30). The number of rotatable bonds is 4. The monoisotopic (exact) mass is 425 g/mol. The number of carbonyl (C=O) groups excluding carboxylic acids is 2. The van der Waals surface area contributed by atoms with Crippen molar-refractivity contribution < 1.29 is 18.4 Å². The number of hydrogen-bond acceptors (Lipinski definition) is 4. The second kappa shape index (κ2) is 7.40. The van der Waals surface area contributed by atoms with Crippen molar-refractivity contribution in [2.45, 2.75) is 31.6 Å². The molecule has 0 unspecified atom stereocenters. The average molecular weight is 425 g/mol. The molecule has 0 bridgehead atoms. The number of alkyl halides is 2. The van der Waals surface area contributed by atoms with Gasteiger partial charge in [-0.1, -0.05) is 0 Å². The Morgan fingerprint density at radius 3 is 2.61 bits per heavy atom. The Bertz CT molecular complexity index is 1160. The topological polar surface area (TPSA) is 80.1 Å². The van der Waals surface area contributed by atoms with E-state index < -0.39 is 5.92 Å². The van der Waals surface area contributed by atoms with Crippen LogP contribution in [0.2, 0.25) is 0 Å². The zero-order valence-electron chi connectivity index (χ0n) is 16.7. The molecule has 1 N–H and O–H groups in total. The second-order valence-electron chi connectivity index (χ2n) is 8.17. The summed E-state index contributed by atoms with van der Waals surface area (Å²) in [5, 5.41) is 3.63. The van der Waals surface area contributed by atoms with Gasteiger partial charge in [-0.25, -0.2) is 13.8 Å². The summed E-state index contributed by atoms with van der Waals surface area (Å²) in [5.74, 6) is -2.88. The first-order valence-electron chi connectivity index (χ1n) is 10.3. The fourth-order valence-corrected chi connectivity index (χ4v) is 3.79. The van der Waals surface area contributed by atoms with E-state index in [2.05, 4.69) is 15.3 Å². The molecule has 1 saturated heterocycles. The number of nitrogens with zero attached hydrogens (tertiary/aromatic N) is 4. The maximum absolute atomic E-state index is 13.4. The number of pyridine rings is 2. The number of likely N-dealkylation sites (tertiary alicyclic amines) is 1. The molecule has 0 atom stereocenters. The Morgan fingerprint density at radius 1 is 1.10 bits per heavy atom. The number of anilines is 1. The molecule has 1 saturated carbocycles. The van der Waals surface area contributed by atoms with Crippen molar-refractivity contribution >= 4 is 28.5 Å². The number of halogens is 2. The van der Waals surface area contributed by atoms with Crippen molar-refractivity contribution in [3.8, 4) is 5.69 Å². The third-order valence-electron chi connectivity index (χ3n) is 5.77. The molecule has 160 valence electrons. The molecule has 4 heterocycles. The normalized spacial score (nSPS) is 18.2. The summed E-state index contributed by atoms with van der Waals surface area (Å²) in [6.07, 6.45) is 7.77. The minimum atomic E-state index is -2.70. The Kier molecular flexibility index (Phi) is 4.68. The Morgan fingerprint density at radius 2 is 1.87 bits per heavy atom. The van der Waals surface area contributed by atoms with Gasteiger partial charge in [0.05, 0.1) is 29.3 Å². The smallest absolute Gasteiger partial charge is 0.255 e. The van der Waals surface area contributed by atoms with Crippen LogP contribution < -0.4 is 5.32 Å². The molecule has 1 aliphatic carbocycles. The van der Waals surface area contributed by atoms with Gasteiger partial charge in [-0.3, -0.25) is 19.1 Å². The zero-order chi connectivity index (χ0) is 21.6. The van der Waals surface area contributed by atoms with E-state index in [0.717, 1.165) is 23.9 Å². The molecule has 2 fully saturated rings. The number of carbonyl (C=O) groups is 2. The van der Waals surface area contributed by atoms with Gasteiger partial charge in [-0.15, -0.1) is 0 Å². The van der Waals surface area contributed by atoms with Crippen LogP contribution in [0.1, 0.15) is 36.0 Å². The minimum absolute atomic E-state index is 0.00747. The summed E-state index contributed by atoms with van der Waals surface area (Å²) in [6, 6.07) is 5.38. The largest absolute Gasteiger partial charge is 0.338 e. The minimum Gasteiger partial charge on any atom is -0.338 e. The van der Waals surface area contributed by atoms with Gasteiger partial charge in [0.25, 0.3) is 11.8 Å². The van der Waals surface area contributed by atoms with Gasteiger partial charge in [0.2, 0.25) is 5.91 Å². The maximum atomic E-state index is 13.4. The number of piperidine rings is 1. The zero-order valence-corrected chi connectivity index (χ0v) is 16.7. The molecule has 0 radical (unpaired) electrons. The van der Waals surface area contributed by atoms with Gasteiger partial charge in [0, 0.05) is 49.6 Å². The summed E-state index contributed by atoms with van der Waals surface area (Å²) in [6.45, 7) is 0.0752. The third-order valence-corrected chi connectivity index (χ3v) is 5.77. The van der Waals surface area contributed by atoms with Gasteiger partial charge in [-0.2, -0.15) is 0 Å². The summed E-state index contributed by atoms with van der Waals surface area (Å²) in [4.78, 5) is 34.8. The lowest BCUT2D eigenvalue weighted by Crippen LogP contribution is -2.42. The summed E-state index contributed by atoms with van der Waals surface area (Å²) in [5.41, 5.74) is 2.35. The van der Waals surface area contributed by atoms with Crippen LogP contribution >= 0.6 is 0 Å². The number of hydrogen-bond donors (Lipinski definition) is 1. The Hall–Kier alpha value is -3.36. The summed E-state index contributed by atoms with van der Waals surface area (Å²) in [7, 11) is 0. The molecule has 2 amide bonds. The van der Waals surface area contributed by atoms with Crippen LogP contribution in [0.5, 0.6) is 0 Å². The van der Waals surface area contributed by atoms with Gasteiger partial charge >= 0.3 is 0 Å². The van der Waals surface area contributed by atoms with Crippen LogP contribution in [0.3, 0.4) is 0 Å². The average Bonchev–Trinajstić information content (AvgIpc) is 3.53. The predicted molar refractivity (Wildman–Crippen MR) is 110 cm³/mol. The first-order chi connectivity index (χ1) is 14.9. The van der Waals surface area contributed by atoms with Crippen LogP contribution in [-0.4, -0.2) is 50.3 Å². The van der Waals surface area contributed by atoms with Gasteiger partial charge in [0.15, 0.2) is 0 Å². The Labute approximate surface area is 177 Å². The fourth-order valence-electron chi connectivity index (χ4n) is 3.79. The highest BCUT2D eigenvalue weighted by atomic mass is 19.3. The number of amides is 2. The number of fused-ring (bicyclic) bond motifs is 1. The highest BCUT2D eigenvalue weighted by Gasteiger charge is 2.36. The lowest BCUT2D eigenvalue weighted by atomic mass is 10.1. The van der Waals surface area contributed by atoms with E-state index in [9.17, 15) is 18.4 Å². The predicted octanol–water partition coefficient (Wildman–Crippen LogP) is 3.64. The number of nitrogens with one attached hydrogen (secondary N) is 1. The third kappa shape index (κ3) is 3.99. The van der Waals surface area contributed by atoms with E-state index in [0.29, 0.717) is 16.9 Å². The quantitative estimate of drug-likeness (QED) is 0.692. The summed E-state index contributed by atoms with van der Waals surface area (Å²) < 4.78 is 28.6. The Balaban J connectivity index is 1.37. The highest BCUT2D eigenvalue weighted by Crippen LogP contribution is 2.31. The lowest BCUT2D eigenvalue weighted by molar-refractivity contribution is -0.117. The molecular weight excluding hydrogens is 404 g/mol. The van der Waals surface area contributed by atoms with E-state index in [1.165, 1.54) is 11.1 Å². The van der Waals surface area contributed by atoms with E-state index in [4.69, 9.17) is 0 Å². The molecular formula is C22H21F2N5O2. The van der Waals surface area contributed by atoms with Gasteiger partial charge in [-0.05, 0) is 31.0 Å². The molecule has 9 heteroatoms. The molecule has 7 nitrogen and oxygen atoms in total. The van der Waals surface area contributed by atoms with Crippen LogP contribution in [0.25, 0.3) is 16.7 Å². The van der Waals surface area contributed by atoms with E-state index in [-0.39, 0.29) is 43.7 Å². The van der Waals surface area contributed by atoms with Crippen molar-refractivity contribution in [3.05, 3.63) is 48.5 Å². The molecule has 3 aromatic rings. The lowest BCUT2D eigenvalue weighted by Gasteiger charge is -2.31. The first-order valence-corrected chi connectivity index (χ1v) is 10.3. The SMILES string of the molecule is O=C(Nc1cncc(-n2ccc3cc(C(=O)N4CCC(F)(F)CC4)cnc32)c1)C1CC1. The van der Waals surface area contributed by atoms with Crippen LogP contribution in [0.15, 0.2) is 43.0 Å². The molecule has 2 aliphatic rings. The van der Waals surface area contributed by atoms with E-state index in [1.54, 1.807) is 18.5 Å². The fraction of sp³-hybridized carbons (Fsp3) is 0.364. The van der Waals surface area contributed by atoms with Gasteiger partial charge in [0.1, 0.15) is 5.65 Å². The van der Waals surface area contributed by atoms with Crippen molar-refractivity contribution in [2.24, 2.45) is 5.92 Å². The molecule has 31 heavy (non-hydrogen) atoms. The van der Waals surface area contributed by atoms with Crippen molar-refractivity contribution in [2.75, 3.05) is 18.4 Å². The van der Waals surface area contributed by atoms with Crippen molar-refractivity contribution in [3.63, 3.8) is 0 Å². The number of aromatic nitrogens is 3. The molecule has 0 spiro atoms. The van der Waals surface area contributed by atoms with E-state index in [1.807, 2.05) is 22.9 Å². The molecule has 1 aliphatic heterocycles. The first kappa shape index (κ1) is 19.6.